The minimum atomic E-state index is -0.451. The maximum atomic E-state index is 13.3. The Morgan fingerprint density at radius 2 is 2.14 bits per heavy atom. The quantitative estimate of drug-likeness (QED) is 0.557. The zero-order valence-electron chi connectivity index (χ0n) is 12.6. The van der Waals surface area contributed by atoms with Crippen molar-refractivity contribution in [1.82, 2.24) is 5.32 Å². The number of carbonyl (C=O) groups excluding carboxylic acids is 1. The Bertz CT molecular complexity index is 451. The molecule has 0 aliphatic heterocycles. The summed E-state index contributed by atoms with van der Waals surface area (Å²) < 4.78 is 28.6. The molecule has 0 aromatic heterocycles. The summed E-state index contributed by atoms with van der Waals surface area (Å²) in [5.41, 5.74) is 0.642. The molecule has 1 aromatic carbocycles. The van der Waals surface area contributed by atoms with E-state index in [2.05, 4.69) is 5.32 Å². The van der Waals surface area contributed by atoms with Crippen LogP contribution < -0.4 is 10.1 Å². The number of ether oxygens (including phenoxy) is 3. The van der Waals surface area contributed by atoms with Crippen LogP contribution in [-0.4, -0.2) is 38.9 Å². The summed E-state index contributed by atoms with van der Waals surface area (Å²) >= 11 is 0. The van der Waals surface area contributed by atoms with Gasteiger partial charge < -0.3 is 19.5 Å². The van der Waals surface area contributed by atoms with Crippen LogP contribution in [0.25, 0.3) is 0 Å². The molecule has 6 heteroatoms. The molecule has 0 amide bonds. The summed E-state index contributed by atoms with van der Waals surface area (Å²) in [5, 5.41) is 3.10. The number of nitrogens with one attached hydrogen (secondary N) is 1. The number of hydrogen-bond donors (Lipinski definition) is 1. The molecule has 1 N–H and O–H groups in total. The lowest BCUT2D eigenvalue weighted by molar-refractivity contribution is -0.149. The van der Waals surface area contributed by atoms with Gasteiger partial charge in [0.15, 0.2) is 6.61 Å². The standard InChI is InChI=1S/C15H22FNO4/c1-11(2)21-15(18)10-20-14-5-4-13(16)8-12(14)9-17-6-7-19-3/h4-5,8,11,17H,6-7,9-10H2,1-3H3. The molecule has 21 heavy (non-hydrogen) atoms. The lowest BCUT2D eigenvalue weighted by Gasteiger charge is -2.13. The van der Waals surface area contributed by atoms with Crippen LogP contribution in [0.4, 0.5) is 4.39 Å². The molecule has 0 aliphatic rings. The van der Waals surface area contributed by atoms with Crippen molar-refractivity contribution in [2.45, 2.75) is 26.5 Å². The zero-order chi connectivity index (χ0) is 15.7. The van der Waals surface area contributed by atoms with Gasteiger partial charge in [0, 0.05) is 25.8 Å². The van der Waals surface area contributed by atoms with E-state index in [1.54, 1.807) is 21.0 Å². The Hall–Kier alpha value is -1.66. The third-order valence-electron chi connectivity index (χ3n) is 2.53. The summed E-state index contributed by atoms with van der Waals surface area (Å²) in [6, 6.07) is 4.18. The monoisotopic (exact) mass is 299 g/mol. The first kappa shape index (κ1) is 17.4. The van der Waals surface area contributed by atoms with Gasteiger partial charge in [-0.05, 0) is 32.0 Å². The van der Waals surface area contributed by atoms with Gasteiger partial charge in [-0.25, -0.2) is 9.18 Å². The van der Waals surface area contributed by atoms with Gasteiger partial charge in [-0.1, -0.05) is 0 Å². The topological polar surface area (TPSA) is 56.8 Å². The highest BCUT2D eigenvalue weighted by Gasteiger charge is 2.10. The van der Waals surface area contributed by atoms with Gasteiger partial charge in [0.05, 0.1) is 12.7 Å². The van der Waals surface area contributed by atoms with Gasteiger partial charge in [-0.15, -0.1) is 0 Å². The molecule has 0 heterocycles. The predicted octanol–water partition coefficient (Wildman–Crippen LogP) is 1.89. The molecular formula is C15H22FNO4. The highest BCUT2D eigenvalue weighted by Crippen LogP contribution is 2.19. The fourth-order valence-corrected chi connectivity index (χ4v) is 1.66. The van der Waals surface area contributed by atoms with Gasteiger partial charge in [0.1, 0.15) is 11.6 Å². The van der Waals surface area contributed by atoms with E-state index < -0.39 is 5.97 Å². The molecule has 0 saturated carbocycles. The number of esters is 1. The number of rotatable bonds is 9. The summed E-state index contributed by atoms with van der Waals surface area (Å²) in [7, 11) is 1.61. The average Bonchev–Trinajstić information content (AvgIpc) is 2.42. The van der Waals surface area contributed by atoms with Crippen molar-refractivity contribution in [3.63, 3.8) is 0 Å². The van der Waals surface area contributed by atoms with Crippen molar-refractivity contribution in [3.8, 4) is 5.75 Å². The van der Waals surface area contributed by atoms with Crippen molar-refractivity contribution in [2.75, 3.05) is 26.9 Å². The van der Waals surface area contributed by atoms with Gasteiger partial charge in [0.2, 0.25) is 0 Å². The molecular weight excluding hydrogens is 277 g/mol. The third kappa shape index (κ3) is 7.06. The molecule has 0 saturated heterocycles. The largest absolute Gasteiger partial charge is 0.482 e. The summed E-state index contributed by atoms with van der Waals surface area (Å²) in [6.45, 7) is 4.96. The van der Waals surface area contributed by atoms with Crippen LogP contribution in [0.1, 0.15) is 19.4 Å². The highest BCUT2D eigenvalue weighted by molar-refractivity contribution is 5.71. The second-order valence-corrected chi connectivity index (χ2v) is 4.75. The number of carbonyl (C=O) groups is 1. The van der Waals surface area contributed by atoms with Crippen molar-refractivity contribution >= 4 is 5.97 Å². The summed E-state index contributed by atoms with van der Waals surface area (Å²) in [5.74, 6) is -0.342. The molecule has 0 unspecified atom stereocenters. The molecule has 0 fully saturated rings. The Kier molecular flexibility index (Phi) is 7.71. The predicted molar refractivity (Wildman–Crippen MR) is 76.7 cm³/mol. The molecule has 0 radical (unpaired) electrons. The van der Waals surface area contributed by atoms with Crippen LogP contribution in [-0.2, 0) is 20.8 Å². The Balaban J connectivity index is 2.57. The molecule has 0 bridgehead atoms. The van der Waals surface area contributed by atoms with Crippen LogP contribution in [0.5, 0.6) is 5.75 Å². The third-order valence-corrected chi connectivity index (χ3v) is 2.53. The fourth-order valence-electron chi connectivity index (χ4n) is 1.66. The van der Waals surface area contributed by atoms with E-state index >= 15 is 0 Å². The van der Waals surface area contributed by atoms with Crippen molar-refractivity contribution in [1.29, 1.82) is 0 Å². The van der Waals surface area contributed by atoms with Crippen LogP contribution in [0.2, 0.25) is 0 Å². The van der Waals surface area contributed by atoms with E-state index in [1.165, 1.54) is 18.2 Å². The molecule has 5 nitrogen and oxygen atoms in total. The van der Waals surface area contributed by atoms with Gasteiger partial charge >= 0.3 is 5.97 Å². The van der Waals surface area contributed by atoms with Crippen LogP contribution in [0.15, 0.2) is 18.2 Å². The minimum Gasteiger partial charge on any atom is -0.482 e. The van der Waals surface area contributed by atoms with Crippen LogP contribution in [0.3, 0.4) is 0 Å². The van der Waals surface area contributed by atoms with E-state index in [-0.39, 0.29) is 18.5 Å². The minimum absolute atomic E-state index is 0.190. The smallest absolute Gasteiger partial charge is 0.344 e. The first-order valence-corrected chi connectivity index (χ1v) is 6.83. The van der Waals surface area contributed by atoms with E-state index in [0.29, 0.717) is 31.0 Å². The maximum absolute atomic E-state index is 13.3. The Labute approximate surface area is 124 Å². The second kappa shape index (κ2) is 9.31. The van der Waals surface area contributed by atoms with Crippen molar-refractivity contribution in [2.24, 2.45) is 0 Å². The first-order valence-electron chi connectivity index (χ1n) is 6.83. The first-order chi connectivity index (χ1) is 10.0. The average molecular weight is 299 g/mol. The lowest BCUT2D eigenvalue weighted by Crippen LogP contribution is -2.21. The lowest BCUT2D eigenvalue weighted by atomic mass is 10.2. The summed E-state index contributed by atoms with van der Waals surface area (Å²) in [6.07, 6.45) is -0.190. The molecule has 0 spiro atoms. The van der Waals surface area contributed by atoms with E-state index in [9.17, 15) is 9.18 Å². The molecule has 1 aromatic rings. The zero-order valence-corrected chi connectivity index (χ0v) is 12.6. The van der Waals surface area contributed by atoms with Gasteiger partial charge in [-0.2, -0.15) is 0 Å². The number of benzene rings is 1. The van der Waals surface area contributed by atoms with Gasteiger partial charge in [0.25, 0.3) is 0 Å². The van der Waals surface area contributed by atoms with Crippen LogP contribution >= 0.6 is 0 Å². The fraction of sp³-hybridized carbons (Fsp3) is 0.533. The highest BCUT2D eigenvalue weighted by atomic mass is 19.1. The SMILES string of the molecule is COCCNCc1cc(F)ccc1OCC(=O)OC(C)C. The number of halogens is 1. The second-order valence-electron chi connectivity index (χ2n) is 4.75. The van der Waals surface area contributed by atoms with Crippen LogP contribution in [0, 0.1) is 5.82 Å². The molecule has 1 rings (SSSR count). The van der Waals surface area contributed by atoms with E-state index in [1.807, 2.05) is 0 Å². The number of hydrogen-bond acceptors (Lipinski definition) is 5. The Morgan fingerprint density at radius 1 is 1.38 bits per heavy atom. The van der Waals surface area contributed by atoms with E-state index in [0.717, 1.165) is 0 Å². The maximum Gasteiger partial charge on any atom is 0.344 e. The molecule has 0 aliphatic carbocycles. The normalized spacial score (nSPS) is 10.7. The Morgan fingerprint density at radius 3 is 2.81 bits per heavy atom. The number of methoxy groups -OCH3 is 1. The van der Waals surface area contributed by atoms with Crippen molar-refractivity contribution in [3.05, 3.63) is 29.6 Å². The van der Waals surface area contributed by atoms with Crippen molar-refractivity contribution < 1.29 is 23.4 Å². The summed E-state index contributed by atoms with van der Waals surface area (Å²) in [4.78, 5) is 11.5. The van der Waals surface area contributed by atoms with Gasteiger partial charge in [-0.3, -0.25) is 0 Å². The molecule has 0 atom stereocenters. The molecule has 118 valence electrons. The van der Waals surface area contributed by atoms with E-state index in [4.69, 9.17) is 14.2 Å².